The number of ether oxygens (including phenoxy) is 1. The highest BCUT2D eigenvalue weighted by Gasteiger charge is 2.11. The van der Waals surface area contributed by atoms with Crippen LogP contribution in [0.25, 0.3) is 0 Å². The zero-order valence-corrected chi connectivity index (χ0v) is 8.39. The molecule has 0 aliphatic heterocycles. The molecular weight excluding hydrogens is 217 g/mol. The third-order valence-electron chi connectivity index (χ3n) is 1.77. The van der Waals surface area contributed by atoms with E-state index in [9.17, 15) is 9.18 Å². The van der Waals surface area contributed by atoms with Gasteiger partial charge in [-0.2, -0.15) is 0 Å². The molecule has 1 atom stereocenters. The second-order valence-electron chi connectivity index (χ2n) is 3.21. The van der Waals surface area contributed by atoms with Gasteiger partial charge in [-0.3, -0.25) is 0 Å². The summed E-state index contributed by atoms with van der Waals surface area (Å²) in [6.07, 6.45) is -1.14. The van der Waals surface area contributed by atoms with Crippen LogP contribution in [0.1, 0.15) is 10.4 Å². The Labute approximate surface area is 91.3 Å². The number of rotatable bonds is 4. The number of hydrogen-bond acceptors (Lipinski definition) is 5. The molecule has 0 aliphatic rings. The van der Waals surface area contributed by atoms with E-state index in [1.165, 1.54) is 6.07 Å². The molecule has 1 aromatic rings. The van der Waals surface area contributed by atoms with Gasteiger partial charge in [0.15, 0.2) is 0 Å². The Hall–Kier alpha value is -1.66. The lowest BCUT2D eigenvalue weighted by Crippen LogP contribution is -2.22. The number of carbonyl (C=O) groups excluding carboxylic acids is 1. The van der Waals surface area contributed by atoms with Gasteiger partial charge in [0.2, 0.25) is 0 Å². The first kappa shape index (κ1) is 12.4. The summed E-state index contributed by atoms with van der Waals surface area (Å²) in [7, 11) is 0. The summed E-state index contributed by atoms with van der Waals surface area (Å²) in [4.78, 5) is 11.3. The third-order valence-corrected chi connectivity index (χ3v) is 1.77. The highest BCUT2D eigenvalue weighted by molar-refractivity contribution is 5.90. The first-order valence-electron chi connectivity index (χ1n) is 4.55. The van der Waals surface area contributed by atoms with Crippen molar-refractivity contribution in [2.24, 2.45) is 0 Å². The van der Waals surface area contributed by atoms with Gasteiger partial charge in [-0.1, -0.05) is 0 Å². The maximum absolute atomic E-state index is 12.9. The Balaban J connectivity index is 2.66. The summed E-state index contributed by atoms with van der Waals surface area (Å²) >= 11 is 0. The quantitative estimate of drug-likeness (QED) is 0.496. The molecule has 0 fully saturated rings. The van der Waals surface area contributed by atoms with Gasteiger partial charge >= 0.3 is 5.97 Å². The van der Waals surface area contributed by atoms with Crippen LogP contribution in [0.2, 0.25) is 0 Å². The smallest absolute Gasteiger partial charge is 0.338 e. The van der Waals surface area contributed by atoms with Crippen molar-refractivity contribution >= 4 is 11.7 Å². The average Bonchev–Trinajstić information content (AvgIpc) is 2.23. The lowest BCUT2D eigenvalue weighted by molar-refractivity contribution is 0.00930. The maximum atomic E-state index is 12.9. The van der Waals surface area contributed by atoms with Crippen molar-refractivity contribution in [3.05, 3.63) is 29.6 Å². The van der Waals surface area contributed by atoms with Crippen LogP contribution < -0.4 is 5.73 Å². The number of nitrogens with two attached hydrogens (primary N) is 1. The molecule has 4 N–H and O–H groups in total. The topological polar surface area (TPSA) is 92.8 Å². The number of aliphatic hydroxyl groups excluding tert-OH is 2. The molecule has 0 saturated carbocycles. The first-order chi connectivity index (χ1) is 7.52. The van der Waals surface area contributed by atoms with Crippen molar-refractivity contribution in [2.75, 3.05) is 18.9 Å². The Kier molecular flexibility index (Phi) is 4.21. The van der Waals surface area contributed by atoms with Crippen LogP contribution in [0.5, 0.6) is 0 Å². The molecule has 16 heavy (non-hydrogen) atoms. The fraction of sp³-hybridized carbons (Fsp3) is 0.300. The van der Waals surface area contributed by atoms with E-state index in [1.807, 2.05) is 0 Å². The second kappa shape index (κ2) is 5.43. The van der Waals surface area contributed by atoms with Gasteiger partial charge in [-0.05, 0) is 18.2 Å². The molecule has 5 nitrogen and oxygen atoms in total. The fourth-order valence-corrected chi connectivity index (χ4v) is 1.04. The van der Waals surface area contributed by atoms with Gasteiger partial charge in [0, 0.05) is 5.69 Å². The normalized spacial score (nSPS) is 12.2. The van der Waals surface area contributed by atoms with Crippen LogP contribution >= 0.6 is 0 Å². The number of anilines is 1. The highest BCUT2D eigenvalue weighted by Crippen LogP contribution is 2.11. The van der Waals surface area contributed by atoms with Gasteiger partial charge in [0.1, 0.15) is 18.5 Å². The number of nitrogen functional groups attached to an aromatic ring is 1. The summed E-state index contributed by atoms with van der Waals surface area (Å²) in [6, 6.07) is 3.31. The minimum absolute atomic E-state index is 0.0392. The fourth-order valence-electron chi connectivity index (χ4n) is 1.04. The summed E-state index contributed by atoms with van der Waals surface area (Å²) in [5.74, 6) is -1.45. The lowest BCUT2D eigenvalue weighted by atomic mass is 10.2. The Morgan fingerprint density at radius 1 is 1.50 bits per heavy atom. The largest absolute Gasteiger partial charge is 0.459 e. The van der Waals surface area contributed by atoms with Crippen LogP contribution in [0.15, 0.2) is 18.2 Å². The van der Waals surface area contributed by atoms with Crippen LogP contribution in [-0.2, 0) is 4.74 Å². The molecule has 1 unspecified atom stereocenters. The molecule has 6 heteroatoms. The van der Waals surface area contributed by atoms with Crippen molar-refractivity contribution in [1.82, 2.24) is 0 Å². The third kappa shape index (κ3) is 3.48. The molecule has 0 heterocycles. The highest BCUT2D eigenvalue weighted by atomic mass is 19.1. The van der Waals surface area contributed by atoms with Gasteiger partial charge in [0.25, 0.3) is 0 Å². The lowest BCUT2D eigenvalue weighted by Gasteiger charge is -2.08. The van der Waals surface area contributed by atoms with Gasteiger partial charge in [-0.25, -0.2) is 9.18 Å². The van der Waals surface area contributed by atoms with E-state index in [1.54, 1.807) is 0 Å². The van der Waals surface area contributed by atoms with E-state index in [0.717, 1.165) is 12.1 Å². The summed E-state index contributed by atoms with van der Waals surface area (Å²) < 4.78 is 17.5. The molecule has 1 aromatic carbocycles. The molecule has 0 bridgehead atoms. The van der Waals surface area contributed by atoms with Crippen molar-refractivity contribution in [1.29, 1.82) is 0 Å². The first-order valence-corrected chi connectivity index (χ1v) is 4.55. The Morgan fingerprint density at radius 2 is 2.19 bits per heavy atom. The van der Waals surface area contributed by atoms with Gasteiger partial charge in [-0.15, -0.1) is 0 Å². The van der Waals surface area contributed by atoms with Crippen molar-refractivity contribution in [3.63, 3.8) is 0 Å². The minimum atomic E-state index is -1.14. The second-order valence-corrected chi connectivity index (χ2v) is 3.21. The van der Waals surface area contributed by atoms with E-state index in [2.05, 4.69) is 4.74 Å². The molecular formula is C10H12FNO4. The Bertz CT molecular complexity index is 363. The molecule has 1 rings (SSSR count). The van der Waals surface area contributed by atoms with Crippen LogP contribution in [-0.4, -0.2) is 35.5 Å². The molecule has 88 valence electrons. The number of esters is 1. The van der Waals surface area contributed by atoms with E-state index in [4.69, 9.17) is 15.9 Å². The van der Waals surface area contributed by atoms with Crippen molar-refractivity contribution < 1.29 is 24.1 Å². The Morgan fingerprint density at radius 3 is 2.75 bits per heavy atom. The molecule has 0 saturated heterocycles. The summed E-state index contributed by atoms with van der Waals surface area (Å²) in [5, 5.41) is 17.4. The number of aliphatic hydroxyl groups is 2. The van der Waals surface area contributed by atoms with Crippen LogP contribution in [0.4, 0.5) is 10.1 Å². The summed E-state index contributed by atoms with van der Waals surface area (Å²) in [6.45, 7) is -0.871. The summed E-state index contributed by atoms with van der Waals surface area (Å²) in [5.41, 5.74) is 5.41. The van der Waals surface area contributed by atoms with E-state index in [0.29, 0.717) is 0 Å². The van der Waals surface area contributed by atoms with Crippen molar-refractivity contribution in [2.45, 2.75) is 6.10 Å². The monoisotopic (exact) mass is 229 g/mol. The minimum Gasteiger partial charge on any atom is -0.459 e. The zero-order chi connectivity index (χ0) is 12.1. The zero-order valence-electron chi connectivity index (χ0n) is 8.39. The van der Waals surface area contributed by atoms with E-state index in [-0.39, 0.29) is 17.9 Å². The molecule has 0 aliphatic carbocycles. The number of hydrogen-bond donors (Lipinski definition) is 3. The predicted molar refractivity (Wildman–Crippen MR) is 54.2 cm³/mol. The van der Waals surface area contributed by atoms with Crippen LogP contribution in [0.3, 0.4) is 0 Å². The SMILES string of the molecule is Nc1cc(F)cc(C(=O)OCC(O)CO)c1. The van der Waals surface area contributed by atoms with Crippen LogP contribution in [0, 0.1) is 5.82 Å². The number of carbonyl (C=O) groups is 1. The molecule has 0 spiro atoms. The standard InChI is InChI=1S/C10H12FNO4/c11-7-1-6(2-8(12)3-7)10(15)16-5-9(14)4-13/h1-3,9,13-14H,4-5,12H2. The van der Waals surface area contributed by atoms with Crippen molar-refractivity contribution in [3.8, 4) is 0 Å². The molecule has 0 amide bonds. The number of benzene rings is 1. The van der Waals surface area contributed by atoms with E-state index < -0.39 is 24.5 Å². The van der Waals surface area contributed by atoms with Gasteiger partial charge in [0.05, 0.1) is 12.2 Å². The number of halogens is 1. The van der Waals surface area contributed by atoms with E-state index >= 15 is 0 Å². The molecule has 0 aromatic heterocycles. The maximum Gasteiger partial charge on any atom is 0.338 e. The molecule has 0 radical (unpaired) electrons. The predicted octanol–water partition coefficient (Wildman–Crippen LogP) is -0.0821. The average molecular weight is 229 g/mol. The van der Waals surface area contributed by atoms with Gasteiger partial charge < -0.3 is 20.7 Å².